The SMILES string of the molecule is CC(C)(C)OC(=O)NCCNS(=O)(=O)c1ccc(-c2ncc(Cl)c(Nc3cc(C4CC4)[nH]n3)n2)s1.[HH].[HH].[HH].[HH]. The van der Waals surface area contributed by atoms with Crippen molar-refractivity contribution in [3.8, 4) is 10.7 Å². The molecule has 0 spiro atoms. The van der Waals surface area contributed by atoms with E-state index >= 15 is 0 Å². The number of thiophene rings is 1. The van der Waals surface area contributed by atoms with Gasteiger partial charge in [0, 0.05) is 36.5 Å². The minimum Gasteiger partial charge on any atom is -0.444 e. The zero-order chi connectivity index (χ0) is 25.2. The van der Waals surface area contributed by atoms with Gasteiger partial charge in [0.05, 0.1) is 11.1 Å². The van der Waals surface area contributed by atoms with Crippen LogP contribution in [0.3, 0.4) is 0 Å². The van der Waals surface area contributed by atoms with Crippen LogP contribution >= 0.6 is 22.9 Å². The number of aromatic nitrogens is 4. The number of H-pyrrole nitrogens is 1. The fourth-order valence-electron chi connectivity index (χ4n) is 3.02. The van der Waals surface area contributed by atoms with Gasteiger partial charge in [0.2, 0.25) is 10.0 Å². The van der Waals surface area contributed by atoms with Gasteiger partial charge in [-0.25, -0.2) is 27.9 Å². The Hall–Kier alpha value is -2.74. The third-order valence-corrected chi connectivity index (χ3v) is 8.07. The molecule has 0 atom stereocenters. The molecule has 14 heteroatoms. The first-order valence-electron chi connectivity index (χ1n) is 10.9. The summed E-state index contributed by atoms with van der Waals surface area (Å²) in [5.41, 5.74) is 0.438. The Kier molecular flexibility index (Phi) is 7.31. The molecule has 1 aliphatic rings. The fraction of sp³-hybridized carbons (Fsp3) is 0.429. The Morgan fingerprint density at radius 3 is 2.80 bits per heavy atom. The summed E-state index contributed by atoms with van der Waals surface area (Å²) in [6.45, 7) is 5.32. The lowest BCUT2D eigenvalue weighted by Gasteiger charge is -2.19. The highest BCUT2D eigenvalue weighted by molar-refractivity contribution is 7.91. The molecule has 4 rings (SSSR count). The third kappa shape index (κ3) is 6.90. The van der Waals surface area contributed by atoms with Crippen molar-refractivity contribution in [1.82, 2.24) is 30.2 Å². The second kappa shape index (κ2) is 10.1. The maximum absolute atomic E-state index is 12.6. The van der Waals surface area contributed by atoms with Crippen molar-refractivity contribution in [2.75, 3.05) is 18.4 Å². The Morgan fingerprint density at radius 2 is 2.09 bits per heavy atom. The highest BCUT2D eigenvalue weighted by Crippen LogP contribution is 2.40. The number of aromatic amines is 1. The number of anilines is 2. The highest BCUT2D eigenvalue weighted by atomic mass is 35.5. The summed E-state index contributed by atoms with van der Waals surface area (Å²) in [5, 5.41) is 13.2. The fourth-order valence-corrected chi connectivity index (χ4v) is 5.48. The first kappa shape index (κ1) is 25.4. The van der Waals surface area contributed by atoms with Crippen molar-refractivity contribution < 1.29 is 23.7 Å². The molecule has 0 radical (unpaired) electrons. The molecule has 0 saturated heterocycles. The lowest BCUT2D eigenvalue weighted by Crippen LogP contribution is -2.37. The number of hydrogen-bond donors (Lipinski definition) is 4. The minimum absolute atomic E-state index is 0. The van der Waals surface area contributed by atoms with Crippen molar-refractivity contribution in [3.63, 3.8) is 0 Å². The molecule has 35 heavy (non-hydrogen) atoms. The van der Waals surface area contributed by atoms with Gasteiger partial charge in [-0.15, -0.1) is 11.3 Å². The Balaban J connectivity index is 0.00000361. The van der Waals surface area contributed by atoms with Crippen LogP contribution < -0.4 is 15.4 Å². The zero-order valence-electron chi connectivity index (χ0n) is 19.4. The number of rotatable bonds is 9. The van der Waals surface area contributed by atoms with Crippen LogP contribution in [0, 0.1) is 0 Å². The summed E-state index contributed by atoms with van der Waals surface area (Å²) in [6, 6.07) is 5.03. The highest BCUT2D eigenvalue weighted by Gasteiger charge is 2.26. The average molecular weight is 548 g/mol. The average Bonchev–Trinajstić information content (AvgIpc) is 3.29. The van der Waals surface area contributed by atoms with Gasteiger partial charge in [-0.1, -0.05) is 11.6 Å². The number of hydrogen-bond acceptors (Lipinski definition) is 9. The standard InChI is InChI=1S/C21H26ClN7O4S2.4H2/c1-21(2,3)33-20(30)23-8-9-25-35(31,32)17-7-6-15(34-17)19-24-11-13(22)18(27-19)26-16-10-14(28-29-16)12-4-5-12;;;;/h6-7,10-12,25H,4-5,8-9H2,1-3H3,(H,23,30)(H2,24,26,27,28,29);4*1H. The van der Waals surface area contributed by atoms with E-state index in [9.17, 15) is 13.2 Å². The molecule has 3 aromatic rings. The molecule has 1 fully saturated rings. The van der Waals surface area contributed by atoms with E-state index < -0.39 is 21.7 Å². The maximum Gasteiger partial charge on any atom is 0.407 e. The van der Waals surface area contributed by atoms with Gasteiger partial charge in [0.25, 0.3) is 0 Å². The van der Waals surface area contributed by atoms with Gasteiger partial charge in [-0.05, 0) is 45.7 Å². The summed E-state index contributed by atoms with van der Waals surface area (Å²) >= 11 is 7.28. The molecule has 1 amide bonds. The molecule has 11 nitrogen and oxygen atoms in total. The molecule has 4 N–H and O–H groups in total. The van der Waals surface area contributed by atoms with Gasteiger partial charge in [0.15, 0.2) is 17.5 Å². The van der Waals surface area contributed by atoms with Crippen molar-refractivity contribution in [1.29, 1.82) is 0 Å². The number of alkyl carbamates (subject to hydrolysis) is 1. The summed E-state index contributed by atoms with van der Waals surface area (Å²) < 4.78 is 33.0. The molecule has 196 valence electrons. The van der Waals surface area contributed by atoms with Gasteiger partial charge >= 0.3 is 6.09 Å². The zero-order valence-corrected chi connectivity index (χ0v) is 21.8. The number of nitrogens with one attached hydrogen (secondary N) is 4. The molecule has 1 saturated carbocycles. The van der Waals surface area contributed by atoms with Crippen molar-refractivity contribution in [2.24, 2.45) is 0 Å². The number of ether oxygens (including phenoxy) is 1. The van der Waals surface area contributed by atoms with Crippen LogP contribution in [0.1, 0.15) is 50.9 Å². The topological polar surface area (TPSA) is 151 Å². The number of carbonyl (C=O) groups is 1. The predicted octanol–water partition coefficient (Wildman–Crippen LogP) is 4.99. The molecular formula is C21H34ClN7O4S2. The number of sulfonamides is 1. The summed E-state index contributed by atoms with van der Waals surface area (Å²) in [6.07, 6.45) is 3.14. The number of amides is 1. The smallest absolute Gasteiger partial charge is 0.407 e. The van der Waals surface area contributed by atoms with E-state index in [4.69, 9.17) is 16.3 Å². The largest absolute Gasteiger partial charge is 0.444 e. The van der Waals surface area contributed by atoms with Crippen LogP contribution in [-0.4, -0.2) is 53.4 Å². The maximum atomic E-state index is 12.6. The van der Waals surface area contributed by atoms with Gasteiger partial charge in [-0.2, -0.15) is 5.10 Å². The van der Waals surface area contributed by atoms with E-state index in [1.807, 2.05) is 6.07 Å². The molecule has 3 aromatic heterocycles. The number of carbonyl (C=O) groups excluding carboxylic acids is 1. The van der Waals surface area contributed by atoms with E-state index in [0.717, 1.165) is 29.9 Å². The van der Waals surface area contributed by atoms with E-state index in [2.05, 4.69) is 35.5 Å². The van der Waals surface area contributed by atoms with E-state index in [0.29, 0.717) is 33.3 Å². The van der Waals surface area contributed by atoms with Crippen LogP contribution in [-0.2, 0) is 14.8 Å². The normalized spacial score (nSPS) is 14.1. The molecule has 3 heterocycles. The first-order chi connectivity index (χ1) is 16.5. The Labute approximate surface area is 218 Å². The molecule has 0 bridgehead atoms. The molecule has 1 aliphatic carbocycles. The third-order valence-electron chi connectivity index (χ3n) is 4.76. The van der Waals surface area contributed by atoms with Crippen molar-refractivity contribution in [2.45, 2.75) is 49.3 Å². The van der Waals surface area contributed by atoms with Crippen LogP contribution in [0.25, 0.3) is 10.7 Å². The Bertz CT molecular complexity index is 1330. The van der Waals surface area contributed by atoms with Crippen LogP contribution in [0.4, 0.5) is 16.4 Å². The number of halogens is 1. The summed E-state index contributed by atoms with van der Waals surface area (Å²) in [5.74, 6) is 1.82. The van der Waals surface area contributed by atoms with Crippen LogP contribution in [0.15, 0.2) is 28.6 Å². The molecular weight excluding hydrogens is 514 g/mol. The minimum atomic E-state index is -3.78. The molecule has 0 aromatic carbocycles. The van der Waals surface area contributed by atoms with Crippen LogP contribution in [0.2, 0.25) is 5.02 Å². The second-order valence-electron chi connectivity index (χ2n) is 8.94. The molecule has 0 unspecified atom stereocenters. The van der Waals surface area contributed by atoms with E-state index in [-0.39, 0.29) is 23.0 Å². The number of nitrogens with zero attached hydrogens (tertiary/aromatic N) is 3. The quantitative estimate of drug-likeness (QED) is 0.273. The van der Waals surface area contributed by atoms with Gasteiger partial charge in [-0.3, -0.25) is 5.10 Å². The monoisotopic (exact) mass is 547 g/mol. The lowest BCUT2D eigenvalue weighted by molar-refractivity contribution is 0.0529. The van der Waals surface area contributed by atoms with E-state index in [1.54, 1.807) is 26.8 Å². The summed E-state index contributed by atoms with van der Waals surface area (Å²) in [4.78, 5) is 20.9. The van der Waals surface area contributed by atoms with Crippen molar-refractivity contribution in [3.05, 3.63) is 35.1 Å². The van der Waals surface area contributed by atoms with Gasteiger partial charge < -0.3 is 15.4 Å². The predicted molar refractivity (Wildman–Crippen MR) is 142 cm³/mol. The second-order valence-corrected chi connectivity index (χ2v) is 12.4. The lowest BCUT2D eigenvalue weighted by atomic mass is 10.2. The van der Waals surface area contributed by atoms with Gasteiger partial charge in [0.1, 0.15) is 14.8 Å². The van der Waals surface area contributed by atoms with Crippen LogP contribution in [0.5, 0.6) is 0 Å². The Morgan fingerprint density at radius 1 is 1.31 bits per heavy atom. The first-order valence-corrected chi connectivity index (χ1v) is 13.6. The molecule has 0 aliphatic heterocycles. The summed E-state index contributed by atoms with van der Waals surface area (Å²) in [7, 11) is -3.78. The van der Waals surface area contributed by atoms with Crippen molar-refractivity contribution >= 4 is 50.7 Å². The van der Waals surface area contributed by atoms with E-state index in [1.165, 1.54) is 12.3 Å².